The van der Waals surface area contributed by atoms with E-state index in [9.17, 15) is 8.78 Å². The molecule has 2 nitrogen and oxygen atoms in total. The molecule has 2 atom stereocenters. The fourth-order valence-electron chi connectivity index (χ4n) is 3.83. The molecule has 0 radical (unpaired) electrons. The van der Waals surface area contributed by atoms with E-state index < -0.39 is 6.43 Å². The smallest absolute Gasteiger partial charge is 0.250 e. The molecule has 0 aromatic heterocycles. The van der Waals surface area contributed by atoms with E-state index in [-0.39, 0.29) is 12.6 Å². The molecule has 118 valence electrons. The number of rotatable bonds is 6. The first kappa shape index (κ1) is 16.2. The molecule has 2 unspecified atom stereocenters. The summed E-state index contributed by atoms with van der Waals surface area (Å²) in [5, 5.41) is 3.07. The van der Waals surface area contributed by atoms with Gasteiger partial charge in [0.1, 0.15) is 0 Å². The fourth-order valence-corrected chi connectivity index (χ4v) is 3.83. The van der Waals surface area contributed by atoms with E-state index in [1.165, 1.54) is 32.2 Å². The number of hydrogen-bond donors (Lipinski definition) is 1. The summed E-state index contributed by atoms with van der Waals surface area (Å²) >= 11 is 0. The van der Waals surface area contributed by atoms with E-state index in [0.717, 1.165) is 25.4 Å². The molecule has 0 bridgehead atoms. The van der Waals surface area contributed by atoms with Gasteiger partial charge in [0.15, 0.2) is 0 Å². The summed E-state index contributed by atoms with van der Waals surface area (Å²) in [6.07, 6.45) is 4.28. The zero-order valence-corrected chi connectivity index (χ0v) is 13.0. The number of piperidine rings is 1. The van der Waals surface area contributed by atoms with E-state index in [2.05, 4.69) is 24.1 Å². The maximum absolute atomic E-state index is 12.4. The lowest BCUT2D eigenvalue weighted by Crippen LogP contribution is -2.52. The number of nitrogens with zero attached hydrogens (tertiary/aromatic N) is 1. The Hall–Kier alpha value is -0.220. The number of likely N-dealkylation sites (tertiary alicyclic amines) is 1. The van der Waals surface area contributed by atoms with Crippen molar-refractivity contribution >= 4 is 0 Å². The molecule has 20 heavy (non-hydrogen) atoms. The van der Waals surface area contributed by atoms with Gasteiger partial charge in [0, 0.05) is 25.7 Å². The minimum absolute atomic E-state index is 0.160. The molecule has 1 N–H and O–H groups in total. The van der Waals surface area contributed by atoms with Crippen LogP contribution < -0.4 is 5.32 Å². The van der Waals surface area contributed by atoms with Gasteiger partial charge < -0.3 is 10.2 Å². The largest absolute Gasteiger partial charge is 0.307 e. The third kappa shape index (κ3) is 4.96. The molecule has 2 fully saturated rings. The Morgan fingerprint density at radius 3 is 2.45 bits per heavy atom. The summed E-state index contributed by atoms with van der Waals surface area (Å²) in [5.74, 6) is 2.12. The average molecular weight is 288 g/mol. The van der Waals surface area contributed by atoms with E-state index in [4.69, 9.17) is 0 Å². The Kier molecular flexibility index (Phi) is 6.21. The maximum Gasteiger partial charge on any atom is 0.250 e. The molecule has 4 heteroatoms. The molecule has 0 spiro atoms. The van der Waals surface area contributed by atoms with Crippen molar-refractivity contribution in [1.29, 1.82) is 0 Å². The van der Waals surface area contributed by atoms with Crippen LogP contribution in [-0.4, -0.2) is 43.5 Å². The van der Waals surface area contributed by atoms with Crippen molar-refractivity contribution in [1.82, 2.24) is 10.2 Å². The molecule has 1 aliphatic carbocycles. The van der Waals surface area contributed by atoms with Crippen LogP contribution in [0.1, 0.15) is 46.0 Å². The van der Waals surface area contributed by atoms with Crippen LogP contribution in [0.4, 0.5) is 8.78 Å². The first-order valence-electron chi connectivity index (χ1n) is 8.28. The van der Waals surface area contributed by atoms with Gasteiger partial charge in [-0.15, -0.1) is 0 Å². The van der Waals surface area contributed by atoms with Crippen LogP contribution in [0.15, 0.2) is 0 Å². The Bertz CT molecular complexity index is 276. The lowest BCUT2D eigenvalue weighted by Gasteiger charge is -2.41. The molecule has 1 saturated heterocycles. The van der Waals surface area contributed by atoms with Gasteiger partial charge in [-0.05, 0) is 37.0 Å². The summed E-state index contributed by atoms with van der Waals surface area (Å²) in [6.45, 7) is 7.64. The van der Waals surface area contributed by atoms with E-state index in [1.807, 2.05) is 0 Å². The fraction of sp³-hybridized carbons (Fsp3) is 1.00. The van der Waals surface area contributed by atoms with Crippen LogP contribution in [0.5, 0.6) is 0 Å². The Balaban J connectivity index is 1.86. The molecule has 1 heterocycles. The predicted octanol–water partition coefficient (Wildman–Crippen LogP) is 3.38. The summed E-state index contributed by atoms with van der Waals surface area (Å²) < 4.78 is 24.8. The van der Waals surface area contributed by atoms with Gasteiger partial charge in [-0.1, -0.05) is 26.7 Å². The van der Waals surface area contributed by atoms with Gasteiger partial charge in [-0.3, -0.25) is 0 Å². The average Bonchev–Trinajstić information content (AvgIpc) is 2.89. The third-order valence-electron chi connectivity index (χ3n) is 5.05. The summed E-state index contributed by atoms with van der Waals surface area (Å²) in [7, 11) is 0. The topological polar surface area (TPSA) is 15.3 Å². The molecule has 2 rings (SSSR count). The number of hydrogen-bond acceptors (Lipinski definition) is 2. The predicted molar refractivity (Wildman–Crippen MR) is 79.1 cm³/mol. The number of nitrogens with one attached hydrogen (secondary N) is 1. The van der Waals surface area contributed by atoms with Crippen LogP contribution in [0, 0.1) is 17.8 Å². The Morgan fingerprint density at radius 1 is 1.15 bits per heavy atom. The third-order valence-corrected chi connectivity index (χ3v) is 5.05. The van der Waals surface area contributed by atoms with Gasteiger partial charge >= 0.3 is 0 Å². The standard InChI is InChI=1S/C16H30F2N2/c1-12(2)14-7-15(19-8-16(17)18)11-20(10-14)9-13-5-3-4-6-13/h12-16,19H,3-11H2,1-2H3. The molecule has 2 aliphatic rings. The van der Waals surface area contributed by atoms with E-state index >= 15 is 0 Å². The number of halogens is 2. The lowest BCUT2D eigenvalue weighted by atomic mass is 9.85. The van der Waals surface area contributed by atoms with E-state index in [0.29, 0.717) is 11.8 Å². The second kappa shape index (κ2) is 7.69. The van der Waals surface area contributed by atoms with Gasteiger partial charge in [0.2, 0.25) is 0 Å². The van der Waals surface area contributed by atoms with Gasteiger partial charge in [-0.25, -0.2) is 8.78 Å². The molecule has 1 aliphatic heterocycles. The number of alkyl halides is 2. The van der Waals surface area contributed by atoms with E-state index in [1.54, 1.807) is 0 Å². The van der Waals surface area contributed by atoms with Gasteiger partial charge in [0.05, 0.1) is 6.54 Å². The van der Waals surface area contributed by atoms with Crippen LogP contribution in [0.25, 0.3) is 0 Å². The van der Waals surface area contributed by atoms with Crippen LogP contribution in [0.2, 0.25) is 0 Å². The van der Waals surface area contributed by atoms with Crippen molar-refractivity contribution in [3.8, 4) is 0 Å². The Labute approximate surface area is 122 Å². The van der Waals surface area contributed by atoms with Crippen molar-refractivity contribution in [3.05, 3.63) is 0 Å². The van der Waals surface area contributed by atoms with Crippen molar-refractivity contribution in [2.45, 2.75) is 58.4 Å². The summed E-state index contributed by atoms with van der Waals surface area (Å²) in [5.41, 5.74) is 0. The van der Waals surface area contributed by atoms with Crippen molar-refractivity contribution in [2.24, 2.45) is 17.8 Å². The first-order valence-corrected chi connectivity index (χ1v) is 8.28. The second-order valence-electron chi connectivity index (χ2n) is 7.11. The molecular formula is C16H30F2N2. The van der Waals surface area contributed by atoms with Crippen LogP contribution in [0.3, 0.4) is 0 Å². The zero-order valence-electron chi connectivity index (χ0n) is 13.0. The monoisotopic (exact) mass is 288 g/mol. The maximum atomic E-state index is 12.4. The molecule has 0 aromatic rings. The normalized spacial score (nSPS) is 29.7. The highest BCUT2D eigenvalue weighted by Crippen LogP contribution is 2.29. The van der Waals surface area contributed by atoms with Crippen LogP contribution >= 0.6 is 0 Å². The minimum atomic E-state index is -2.24. The highest BCUT2D eigenvalue weighted by atomic mass is 19.3. The lowest BCUT2D eigenvalue weighted by molar-refractivity contribution is 0.0859. The SMILES string of the molecule is CC(C)C1CC(NCC(F)F)CN(CC2CCCC2)C1. The first-order chi connectivity index (χ1) is 9.54. The van der Waals surface area contributed by atoms with Gasteiger partial charge in [-0.2, -0.15) is 0 Å². The summed E-state index contributed by atoms with van der Waals surface area (Å²) in [6, 6.07) is 0.242. The molecular weight excluding hydrogens is 258 g/mol. The van der Waals surface area contributed by atoms with Crippen molar-refractivity contribution in [3.63, 3.8) is 0 Å². The highest BCUT2D eigenvalue weighted by Gasteiger charge is 2.30. The quantitative estimate of drug-likeness (QED) is 0.806. The van der Waals surface area contributed by atoms with Gasteiger partial charge in [0.25, 0.3) is 6.43 Å². The van der Waals surface area contributed by atoms with Crippen molar-refractivity contribution in [2.75, 3.05) is 26.2 Å². The molecule has 1 saturated carbocycles. The second-order valence-corrected chi connectivity index (χ2v) is 7.11. The highest BCUT2D eigenvalue weighted by molar-refractivity contribution is 4.86. The molecule has 0 amide bonds. The van der Waals surface area contributed by atoms with Crippen molar-refractivity contribution < 1.29 is 8.78 Å². The minimum Gasteiger partial charge on any atom is -0.307 e. The summed E-state index contributed by atoms with van der Waals surface area (Å²) in [4.78, 5) is 2.54. The zero-order chi connectivity index (χ0) is 14.5. The van der Waals surface area contributed by atoms with Crippen LogP contribution in [-0.2, 0) is 0 Å². The Morgan fingerprint density at radius 2 is 1.85 bits per heavy atom. The molecule has 0 aromatic carbocycles.